The first-order valence-corrected chi connectivity index (χ1v) is 20.2. The van der Waals surface area contributed by atoms with Gasteiger partial charge in [0.25, 0.3) is 0 Å². The van der Waals surface area contributed by atoms with E-state index in [4.69, 9.17) is 9.47 Å². The van der Waals surface area contributed by atoms with Crippen molar-refractivity contribution in [1.82, 2.24) is 0 Å². The number of esters is 2. The molecule has 6 nitrogen and oxygen atoms in total. The lowest BCUT2D eigenvalue weighted by Crippen LogP contribution is -2.25. The SMILES string of the molecule is CCCCCC(=O)/C=C/C=C\CCCCCCCC(=O)OC[C@H](O)COC(=O)CCCCCCCCCCCCCCCCCC(C)C. The maximum atomic E-state index is 12.0. The van der Waals surface area contributed by atoms with Crippen molar-refractivity contribution in [3.05, 3.63) is 24.3 Å². The average Bonchev–Trinajstić information content (AvgIpc) is 3.06. The molecular weight excluding hydrogens is 600 g/mol. The molecule has 0 radical (unpaired) electrons. The summed E-state index contributed by atoms with van der Waals surface area (Å²) in [7, 11) is 0. The molecule has 0 saturated heterocycles. The molecule has 0 aliphatic carbocycles. The van der Waals surface area contributed by atoms with Crippen LogP contribution in [0.15, 0.2) is 24.3 Å². The van der Waals surface area contributed by atoms with Crippen LogP contribution in [-0.2, 0) is 23.9 Å². The number of rotatable bonds is 36. The fourth-order valence-corrected chi connectivity index (χ4v) is 5.72. The van der Waals surface area contributed by atoms with E-state index < -0.39 is 6.10 Å². The lowest BCUT2D eigenvalue weighted by Gasteiger charge is -2.12. The minimum Gasteiger partial charge on any atom is -0.463 e. The van der Waals surface area contributed by atoms with Gasteiger partial charge in [-0.1, -0.05) is 167 Å². The second kappa shape index (κ2) is 36.3. The van der Waals surface area contributed by atoms with Gasteiger partial charge in [-0.3, -0.25) is 14.4 Å². The molecule has 0 heterocycles. The van der Waals surface area contributed by atoms with Gasteiger partial charge in [-0.25, -0.2) is 0 Å². The summed E-state index contributed by atoms with van der Waals surface area (Å²) in [4.78, 5) is 35.6. The van der Waals surface area contributed by atoms with E-state index in [0.717, 1.165) is 83.0 Å². The van der Waals surface area contributed by atoms with Crippen molar-refractivity contribution in [3.63, 3.8) is 0 Å². The number of ether oxygens (including phenoxy) is 2. The Kier molecular flexibility index (Phi) is 34.9. The van der Waals surface area contributed by atoms with Crippen LogP contribution in [0.1, 0.15) is 201 Å². The topological polar surface area (TPSA) is 89.9 Å². The Hall–Kier alpha value is -1.95. The summed E-state index contributed by atoms with van der Waals surface area (Å²) in [5, 5.41) is 10.0. The average molecular weight is 677 g/mol. The summed E-state index contributed by atoms with van der Waals surface area (Å²) in [6, 6.07) is 0. The number of hydrogen-bond donors (Lipinski definition) is 1. The van der Waals surface area contributed by atoms with Crippen LogP contribution < -0.4 is 0 Å². The third-order valence-corrected chi connectivity index (χ3v) is 8.84. The normalized spacial score (nSPS) is 12.4. The van der Waals surface area contributed by atoms with Gasteiger partial charge in [-0.05, 0) is 44.1 Å². The van der Waals surface area contributed by atoms with Gasteiger partial charge in [-0.2, -0.15) is 0 Å². The smallest absolute Gasteiger partial charge is 0.305 e. The maximum absolute atomic E-state index is 12.0. The molecule has 0 aromatic heterocycles. The predicted octanol–water partition coefficient (Wildman–Crippen LogP) is 11.7. The molecule has 0 aromatic carbocycles. The molecule has 0 aliphatic rings. The first-order chi connectivity index (χ1) is 23.3. The fourth-order valence-electron chi connectivity index (χ4n) is 5.72. The van der Waals surface area contributed by atoms with E-state index in [-0.39, 0.29) is 30.9 Å². The summed E-state index contributed by atoms with van der Waals surface area (Å²) in [6.45, 7) is 6.49. The van der Waals surface area contributed by atoms with Crippen molar-refractivity contribution in [2.24, 2.45) is 5.92 Å². The number of aliphatic hydroxyl groups excluding tert-OH is 1. The second-order valence-corrected chi connectivity index (χ2v) is 14.3. The summed E-state index contributed by atoms with van der Waals surface area (Å²) < 4.78 is 10.3. The lowest BCUT2D eigenvalue weighted by atomic mass is 10.0. The Balaban J connectivity index is 3.47. The van der Waals surface area contributed by atoms with E-state index in [1.807, 2.05) is 12.2 Å². The quantitative estimate of drug-likeness (QED) is 0.0307. The Morgan fingerprint density at radius 1 is 0.542 bits per heavy atom. The van der Waals surface area contributed by atoms with E-state index in [9.17, 15) is 19.5 Å². The third kappa shape index (κ3) is 36.9. The van der Waals surface area contributed by atoms with Crippen molar-refractivity contribution >= 4 is 17.7 Å². The number of unbranched alkanes of at least 4 members (excludes halogenated alkanes) is 21. The molecule has 0 rings (SSSR count). The Labute approximate surface area is 296 Å². The summed E-state index contributed by atoms with van der Waals surface area (Å²) in [5.41, 5.74) is 0. The molecule has 0 amide bonds. The van der Waals surface area contributed by atoms with Gasteiger partial charge in [0.1, 0.15) is 19.3 Å². The fraction of sp³-hybridized carbons (Fsp3) is 0.833. The van der Waals surface area contributed by atoms with E-state index in [1.165, 1.54) is 83.5 Å². The van der Waals surface area contributed by atoms with Crippen LogP contribution in [0.4, 0.5) is 0 Å². The van der Waals surface area contributed by atoms with Gasteiger partial charge >= 0.3 is 11.9 Å². The van der Waals surface area contributed by atoms with Crippen LogP contribution in [0.25, 0.3) is 0 Å². The highest BCUT2D eigenvalue weighted by molar-refractivity contribution is 5.89. The largest absolute Gasteiger partial charge is 0.463 e. The summed E-state index contributed by atoms with van der Waals surface area (Å²) >= 11 is 0. The highest BCUT2D eigenvalue weighted by Gasteiger charge is 2.12. The van der Waals surface area contributed by atoms with E-state index in [0.29, 0.717) is 19.3 Å². The van der Waals surface area contributed by atoms with Gasteiger partial charge in [0.15, 0.2) is 5.78 Å². The number of carbonyl (C=O) groups is 3. The molecule has 280 valence electrons. The van der Waals surface area contributed by atoms with Gasteiger partial charge in [0, 0.05) is 19.3 Å². The molecule has 0 unspecified atom stereocenters. The van der Waals surface area contributed by atoms with Crippen molar-refractivity contribution in [3.8, 4) is 0 Å². The van der Waals surface area contributed by atoms with Crippen molar-refractivity contribution in [2.45, 2.75) is 207 Å². The van der Waals surface area contributed by atoms with Crippen LogP contribution in [0, 0.1) is 5.92 Å². The third-order valence-electron chi connectivity index (χ3n) is 8.84. The molecule has 0 bridgehead atoms. The second-order valence-electron chi connectivity index (χ2n) is 14.3. The molecule has 1 atom stereocenters. The molecule has 6 heteroatoms. The summed E-state index contributed by atoms with van der Waals surface area (Å²) in [6.07, 6.45) is 37.8. The highest BCUT2D eigenvalue weighted by Crippen LogP contribution is 2.15. The minimum atomic E-state index is -0.987. The first kappa shape index (κ1) is 46.0. The molecule has 0 spiro atoms. The van der Waals surface area contributed by atoms with Crippen LogP contribution in [0.5, 0.6) is 0 Å². The molecule has 0 aromatic rings. The van der Waals surface area contributed by atoms with Gasteiger partial charge < -0.3 is 14.6 Å². The number of aliphatic hydroxyl groups is 1. The zero-order chi connectivity index (χ0) is 35.3. The Bertz CT molecular complexity index is 802. The number of allylic oxidation sites excluding steroid dienone is 4. The summed E-state index contributed by atoms with van der Waals surface area (Å²) in [5.74, 6) is 0.432. The zero-order valence-electron chi connectivity index (χ0n) is 31.7. The molecule has 0 aliphatic heterocycles. The molecule has 48 heavy (non-hydrogen) atoms. The maximum Gasteiger partial charge on any atom is 0.305 e. The predicted molar refractivity (Wildman–Crippen MR) is 201 cm³/mol. The van der Waals surface area contributed by atoms with Gasteiger partial charge in [0.05, 0.1) is 0 Å². The van der Waals surface area contributed by atoms with Crippen molar-refractivity contribution < 1.29 is 29.0 Å². The van der Waals surface area contributed by atoms with E-state index >= 15 is 0 Å². The van der Waals surface area contributed by atoms with Crippen LogP contribution in [0.3, 0.4) is 0 Å². The first-order valence-electron chi connectivity index (χ1n) is 20.2. The van der Waals surface area contributed by atoms with E-state index in [1.54, 1.807) is 6.08 Å². The molecular formula is C42H76O6. The number of carbonyl (C=O) groups excluding carboxylic acids is 3. The molecule has 0 fully saturated rings. The monoisotopic (exact) mass is 677 g/mol. The Morgan fingerprint density at radius 3 is 1.42 bits per heavy atom. The minimum absolute atomic E-state index is 0.135. The number of hydrogen-bond acceptors (Lipinski definition) is 6. The zero-order valence-corrected chi connectivity index (χ0v) is 31.7. The highest BCUT2D eigenvalue weighted by atomic mass is 16.6. The van der Waals surface area contributed by atoms with Gasteiger partial charge in [0.2, 0.25) is 0 Å². The standard InChI is InChI=1S/C42H76O6/c1-4-5-26-32-39(43)33-28-23-19-15-13-17-21-25-30-35-42(46)48-37-40(44)36-47-41(45)34-29-24-20-16-12-10-8-6-7-9-11-14-18-22-27-31-38(2)3/h19,23,28,33,38,40,44H,4-18,20-22,24-27,29-32,34-37H2,1-3H3/b23-19-,33-28+/t40-/m1/s1. The van der Waals surface area contributed by atoms with Crippen molar-refractivity contribution in [1.29, 1.82) is 0 Å². The Morgan fingerprint density at radius 2 is 0.958 bits per heavy atom. The molecule has 0 saturated carbocycles. The lowest BCUT2D eigenvalue weighted by molar-refractivity contribution is -0.152. The van der Waals surface area contributed by atoms with Crippen LogP contribution in [0.2, 0.25) is 0 Å². The van der Waals surface area contributed by atoms with Crippen LogP contribution >= 0.6 is 0 Å². The van der Waals surface area contributed by atoms with Crippen LogP contribution in [-0.4, -0.2) is 42.1 Å². The van der Waals surface area contributed by atoms with Crippen molar-refractivity contribution in [2.75, 3.05) is 13.2 Å². The van der Waals surface area contributed by atoms with Gasteiger partial charge in [-0.15, -0.1) is 0 Å². The van der Waals surface area contributed by atoms with E-state index in [2.05, 4.69) is 26.8 Å². The molecule has 1 N–H and O–H groups in total. The number of ketones is 1.